The Morgan fingerprint density at radius 2 is 1.98 bits per heavy atom. The third kappa shape index (κ3) is 9.00. The fourth-order valence-electron chi connectivity index (χ4n) is 5.57. The van der Waals surface area contributed by atoms with Crippen LogP contribution in [0.2, 0.25) is 0 Å². The van der Waals surface area contributed by atoms with E-state index >= 15 is 0 Å². The molecular formula is C31H47Cl2FN6O3. The molecule has 240 valence electrons. The normalized spacial score (nSPS) is 18.0. The lowest BCUT2D eigenvalue weighted by Gasteiger charge is -2.39. The van der Waals surface area contributed by atoms with E-state index in [1.807, 2.05) is 25.7 Å². The second kappa shape index (κ2) is 16.0. The molecule has 2 aliphatic heterocycles. The molecule has 2 amide bonds. The summed E-state index contributed by atoms with van der Waals surface area (Å²) in [6.07, 6.45) is 3.61. The Bertz CT molecular complexity index is 1240. The molecule has 2 N–H and O–H groups in total. The lowest BCUT2D eigenvalue weighted by Crippen LogP contribution is -2.55. The number of carbonyl (C=O) groups is 2. The minimum Gasteiger partial charge on any atom is -0.385 e. The number of benzene rings is 1. The van der Waals surface area contributed by atoms with Gasteiger partial charge in [0.2, 0.25) is 5.91 Å². The maximum absolute atomic E-state index is 14.2. The summed E-state index contributed by atoms with van der Waals surface area (Å²) in [5.74, 6) is 0.707. The van der Waals surface area contributed by atoms with E-state index in [1.54, 1.807) is 24.3 Å². The van der Waals surface area contributed by atoms with E-state index < -0.39 is 0 Å². The number of anilines is 2. The second-order valence-corrected chi connectivity index (χ2v) is 12.6. The Morgan fingerprint density at radius 3 is 2.65 bits per heavy atom. The van der Waals surface area contributed by atoms with Crippen LogP contribution in [-0.4, -0.2) is 79.2 Å². The molecule has 0 unspecified atom stereocenters. The summed E-state index contributed by atoms with van der Waals surface area (Å²) in [7, 11) is 1.67. The van der Waals surface area contributed by atoms with Gasteiger partial charge in [-0.05, 0) is 48.9 Å². The van der Waals surface area contributed by atoms with Crippen LogP contribution in [0.15, 0.2) is 24.4 Å². The summed E-state index contributed by atoms with van der Waals surface area (Å²) in [5.41, 5.74) is 1.80. The van der Waals surface area contributed by atoms with Gasteiger partial charge < -0.3 is 25.2 Å². The number of nitrogens with one attached hydrogen (secondary N) is 2. The Hall–Kier alpha value is -2.53. The van der Waals surface area contributed by atoms with Gasteiger partial charge in [-0.1, -0.05) is 34.6 Å². The van der Waals surface area contributed by atoms with Crippen molar-refractivity contribution in [3.8, 4) is 0 Å². The van der Waals surface area contributed by atoms with Crippen LogP contribution in [-0.2, 0) is 21.4 Å². The molecule has 1 aromatic carbocycles. The number of piperidine rings is 1. The number of halogens is 3. The first-order chi connectivity index (χ1) is 19.5. The Balaban J connectivity index is 0.00000323. The third-order valence-corrected chi connectivity index (χ3v) is 7.65. The van der Waals surface area contributed by atoms with Gasteiger partial charge in [-0.25, -0.2) is 14.4 Å². The maximum Gasteiger partial charge on any atom is 0.259 e. The van der Waals surface area contributed by atoms with E-state index in [9.17, 15) is 14.0 Å². The van der Waals surface area contributed by atoms with Crippen molar-refractivity contribution in [1.82, 2.24) is 20.2 Å². The van der Waals surface area contributed by atoms with Crippen molar-refractivity contribution in [2.45, 2.75) is 65.3 Å². The predicted octanol–water partition coefficient (Wildman–Crippen LogP) is 4.87. The van der Waals surface area contributed by atoms with E-state index in [4.69, 9.17) is 9.72 Å². The molecule has 3 heterocycles. The molecular weight excluding hydrogens is 594 g/mol. The van der Waals surface area contributed by atoms with E-state index in [-0.39, 0.29) is 65.7 Å². The Kier molecular flexibility index (Phi) is 13.6. The zero-order valence-electron chi connectivity index (χ0n) is 26.1. The molecule has 0 saturated carbocycles. The molecule has 1 fully saturated rings. The van der Waals surface area contributed by atoms with E-state index in [0.29, 0.717) is 69.4 Å². The molecule has 0 spiro atoms. The Labute approximate surface area is 267 Å². The number of ether oxygens (including phenoxy) is 1. The lowest BCUT2D eigenvalue weighted by molar-refractivity contribution is -0.123. The van der Waals surface area contributed by atoms with Gasteiger partial charge in [-0.15, -0.1) is 24.8 Å². The molecule has 2 aliphatic rings. The highest BCUT2D eigenvalue weighted by molar-refractivity contribution is 5.99. The van der Waals surface area contributed by atoms with Crippen LogP contribution in [0.3, 0.4) is 0 Å². The van der Waals surface area contributed by atoms with Crippen LogP contribution < -0.4 is 15.5 Å². The van der Waals surface area contributed by atoms with Crippen LogP contribution in [0.25, 0.3) is 0 Å². The zero-order chi connectivity index (χ0) is 29.7. The summed E-state index contributed by atoms with van der Waals surface area (Å²) in [6, 6.07) is 4.44. The molecule has 0 radical (unpaired) electrons. The highest BCUT2D eigenvalue weighted by Crippen LogP contribution is 2.32. The second-order valence-electron chi connectivity index (χ2n) is 12.6. The van der Waals surface area contributed by atoms with Gasteiger partial charge in [0, 0.05) is 69.8 Å². The van der Waals surface area contributed by atoms with E-state index in [1.165, 1.54) is 12.1 Å². The van der Waals surface area contributed by atoms with Crippen molar-refractivity contribution >= 4 is 48.1 Å². The molecule has 0 aliphatic carbocycles. The van der Waals surface area contributed by atoms with Gasteiger partial charge in [0.15, 0.2) is 0 Å². The Morgan fingerprint density at radius 1 is 1.23 bits per heavy atom. The smallest absolute Gasteiger partial charge is 0.259 e. The number of carbonyl (C=O) groups excluding carboxylic acids is 2. The number of rotatable bonds is 10. The van der Waals surface area contributed by atoms with Crippen molar-refractivity contribution in [2.75, 3.05) is 56.7 Å². The number of amides is 2. The van der Waals surface area contributed by atoms with Crippen LogP contribution >= 0.6 is 24.8 Å². The van der Waals surface area contributed by atoms with Gasteiger partial charge in [0.25, 0.3) is 5.91 Å². The lowest BCUT2D eigenvalue weighted by atomic mass is 9.92. The van der Waals surface area contributed by atoms with Gasteiger partial charge in [0.1, 0.15) is 23.0 Å². The number of methoxy groups -OCH3 is 1. The van der Waals surface area contributed by atoms with Crippen LogP contribution in [0, 0.1) is 17.7 Å². The number of hydrogen-bond acceptors (Lipinski definition) is 7. The quantitative estimate of drug-likeness (QED) is 0.357. The minimum atomic E-state index is -0.293. The average Bonchev–Trinajstić information content (AvgIpc) is 3.35. The SMILES string of the molecule is COCCCNc1nc(C(C)(C)C)ncc1C(=O)N(CC(C)C)[C@@H]1CNC[C@H](C(=O)N2CCc3cc(F)ccc32)C1.Cl.Cl. The van der Waals surface area contributed by atoms with E-state index in [0.717, 1.165) is 17.7 Å². The van der Waals surface area contributed by atoms with Crippen molar-refractivity contribution in [3.63, 3.8) is 0 Å². The van der Waals surface area contributed by atoms with Gasteiger partial charge in [-0.3, -0.25) is 9.59 Å². The zero-order valence-corrected chi connectivity index (χ0v) is 27.7. The summed E-state index contributed by atoms with van der Waals surface area (Å²) in [6.45, 7) is 13.8. The van der Waals surface area contributed by atoms with Crippen LogP contribution in [0.4, 0.5) is 15.9 Å². The van der Waals surface area contributed by atoms with Gasteiger partial charge in [0.05, 0.1) is 5.92 Å². The molecule has 2 aromatic rings. The number of hydrogen-bond donors (Lipinski definition) is 2. The number of fused-ring (bicyclic) bond motifs is 1. The van der Waals surface area contributed by atoms with Crippen molar-refractivity contribution < 1.29 is 18.7 Å². The first-order valence-corrected chi connectivity index (χ1v) is 14.7. The number of nitrogens with zero attached hydrogens (tertiary/aromatic N) is 4. The predicted molar refractivity (Wildman–Crippen MR) is 173 cm³/mol. The summed E-state index contributed by atoms with van der Waals surface area (Å²) in [4.78, 5) is 40.9. The molecule has 43 heavy (non-hydrogen) atoms. The standard InChI is InChI=1S/C31H45FN6O3.2ClH/c1-20(2)19-38(29(40)25-18-35-30(31(3,4)5)36-27(25)34-11-7-13-41-6)24-15-22(16-33-17-24)28(39)37-12-10-21-14-23(32)8-9-26(21)37;;/h8-9,14,18,20,22,24,33H,7,10-13,15-17,19H2,1-6H3,(H,34,35,36);2*1H/t22-,24+;;/m1../s1. The first kappa shape index (κ1) is 36.7. The average molecular weight is 642 g/mol. The van der Waals surface area contributed by atoms with Crippen LogP contribution in [0.5, 0.6) is 0 Å². The first-order valence-electron chi connectivity index (χ1n) is 14.7. The highest BCUT2D eigenvalue weighted by Gasteiger charge is 2.38. The van der Waals surface area contributed by atoms with Crippen molar-refractivity contribution in [1.29, 1.82) is 0 Å². The number of aromatic nitrogens is 2. The summed E-state index contributed by atoms with van der Waals surface area (Å²) < 4.78 is 18.9. The van der Waals surface area contributed by atoms with Gasteiger partial charge >= 0.3 is 0 Å². The van der Waals surface area contributed by atoms with E-state index in [2.05, 4.69) is 29.5 Å². The maximum atomic E-state index is 14.2. The molecule has 1 aromatic heterocycles. The minimum absolute atomic E-state index is 0. The molecule has 2 atom stereocenters. The van der Waals surface area contributed by atoms with Gasteiger partial charge in [-0.2, -0.15) is 0 Å². The van der Waals surface area contributed by atoms with Crippen molar-refractivity contribution in [2.24, 2.45) is 11.8 Å². The molecule has 0 bridgehead atoms. The monoisotopic (exact) mass is 640 g/mol. The molecule has 1 saturated heterocycles. The topological polar surface area (TPSA) is 99.7 Å². The third-order valence-electron chi connectivity index (χ3n) is 7.65. The van der Waals surface area contributed by atoms with Crippen LogP contribution in [0.1, 0.15) is 69.2 Å². The molecule has 12 heteroatoms. The summed E-state index contributed by atoms with van der Waals surface area (Å²) >= 11 is 0. The molecule has 9 nitrogen and oxygen atoms in total. The fraction of sp³-hybridized carbons (Fsp3) is 0.613. The summed E-state index contributed by atoms with van der Waals surface area (Å²) in [5, 5.41) is 6.76. The molecule has 4 rings (SSSR count). The van der Waals surface area contributed by atoms with Crippen molar-refractivity contribution in [3.05, 3.63) is 47.2 Å². The largest absolute Gasteiger partial charge is 0.385 e. The fourth-order valence-corrected chi connectivity index (χ4v) is 5.57. The highest BCUT2D eigenvalue weighted by atomic mass is 35.5.